The van der Waals surface area contributed by atoms with Crippen molar-refractivity contribution < 1.29 is 9.90 Å². The van der Waals surface area contributed by atoms with E-state index in [2.05, 4.69) is 40.1 Å². The number of amides is 1. The fraction of sp³-hybridized carbons (Fsp3) is 0.750. The fourth-order valence-corrected chi connectivity index (χ4v) is 6.52. The van der Waals surface area contributed by atoms with Crippen LogP contribution >= 0.6 is 0 Å². The minimum absolute atomic E-state index is 0.147. The van der Waals surface area contributed by atoms with Crippen molar-refractivity contribution >= 4 is 22.9 Å². The summed E-state index contributed by atoms with van der Waals surface area (Å²) >= 11 is 0. The minimum Gasteiger partial charge on any atom is -0.393 e. The van der Waals surface area contributed by atoms with Crippen LogP contribution in [0.15, 0.2) is 12.4 Å². The molecule has 2 aromatic heterocycles. The van der Waals surface area contributed by atoms with Gasteiger partial charge < -0.3 is 25.2 Å². The number of fused-ring (bicyclic) bond motifs is 1. The summed E-state index contributed by atoms with van der Waals surface area (Å²) in [6.45, 7) is 7.90. The lowest BCUT2D eigenvalue weighted by Crippen LogP contribution is -2.45. The highest BCUT2D eigenvalue weighted by Gasteiger charge is 2.32. The van der Waals surface area contributed by atoms with Crippen LogP contribution in [0.3, 0.4) is 0 Å². The molecule has 8 heteroatoms. The average Bonchev–Trinajstić information content (AvgIpc) is 3.28. The molecule has 3 aliphatic rings. The van der Waals surface area contributed by atoms with Gasteiger partial charge in [0.2, 0.25) is 11.9 Å². The summed E-state index contributed by atoms with van der Waals surface area (Å²) in [5.41, 5.74) is 2.34. The number of piperidine rings is 2. The Morgan fingerprint density at radius 1 is 1.19 bits per heavy atom. The highest BCUT2D eigenvalue weighted by atomic mass is 16.3. The number of nitrogens with one attached hydrogen (secondary N) is 2. The predicted octanol–water partition coefficient (Wildman–Crippen LogP) is 4.21. The van der Waals surface area contributed by atoms with Crippen LogP contribution in [0.1, 0.15) is 95.6 Å². The molecule has 8 nitrogen and oxygen atoms in total. The van der Waals surface area contributed by atoms with Gasteiger partial charge in [0.15, 0.2) is 0 Å². The van der Waals surface area contributed by atoms with Crippen LogP contribution < -0.4 is 10.6 Å². The smallest absolute Gasteiger partial charge is 0.226 e. The van der Waals surface area contributed by atoms with Crippen LogP contribution in [0.5, 0.6) is 0 Å². The normalized spacial score (nSPS) is 26.8. The lowest BCUT2D eigenvalue weighted by Gasteiger charge is -2.35. The minimum atomic E-state index is -0.175. The number of aromatic nitrogens is 3. The first-order valence-corrected chi connectivity index (χ1v) is 14.3. The maximum Gasteiger partial charge on any atom is 0.226 e. The molecular formula is C28H44N6O2. The van der Waals surface area contributed by atoms with Gasteiger partial charge in [-0.15, -0.1) is 0 Å². The number of rotatable bonds is 7. The quantitative estimate of drug-likeness (QED) is 0.531. The van der Waals surface area contributed by atoms with Crippen molar-refractivity contribution in [1.29, 1.82) is 0 Å². The molecule has 2 saturated heterocycles. The Morgan fingerprint density at radius 3 is 2.67 bits per heavy atom. The SMILES string of the molecule is CCCC(C)Nc1ncc2c(C3CCN(C(=O)C4CCCNC4)CC3)cn(C3CCC(O)CC3)c2n1. The first kappa shape index (κ1) is 25.5. The molecular weight excluding hydrogens is 452 g/mol. The third-order valence-corrected chi connectivity index (χ3v) is 8.65. The highest BCUT2D eigenvalue weighted by Crippen LogP contribution is 2.38. The molecule has 1 aliphatic carbocycles. The first-order valence-electron chi connectivity index (χ1n) is 14.3. The Hall–Kier alpha value is -2.19. The predicted molar refractivity (Wildman–Crippen MR) is 143 cm³/mol. The zero-order valence-corrected chi connectivity index (χ0v) is 22.1. The largest absolute Gasteiger partial charge is 0.393 e. The Bertz CT molecular complexity index is 1020. The average molecular weight is 497 g/mol. The molecule has 4 heterocycles. The standard InChI is InChI=1S/C28H44N6O2/c1-3-5-19(2)31-28-30-17-24-25(18-34(26(24)32-28)22-7-9-23(35)10-8-22)20-11-14-33(15-12-20)27(36)21-6-4-13-29-16-21/h17-23,29,35H,3-16H2,1-2H3,(H,30,31,32). The summed E-state index contributed by atoms with van der Waals surface area (Å²) in [6.07, 6.45) is 14.1. The Labute approximate surface area is 215 Å². The van der Waals surface area contributed by atoms with E-state index >= 15 is 0 Å². The van der Waals surface area contributed by atoms with E-state index in [-0.39, 0.29) is 12.0 Å². The number of aliphatic hydroxyl groups is 1. The number of nitrogens with zero attached hydrogens (tertiary/aromatic N) is 4. The van der Waals surface area contributed by atoms with Crippen molar-refractivity contribution in [3.05, 3.63) is 18.0 Å². The monoisotopic (exact) mass is 496 g/mol. The molecule has 2 aliphatic heterocycles. The topological polar surface area (TPSA) is 95.3 Å². The van der Waals surface area contributed by atoms with Crippen molar-refractivity contribution in [3.8, 4) is 0 Å². The van der Waals surface area contributed by atoms with E-state index in [1.165, 1.54) is 5.56 Å². The van der Waals surface area contributed by atoms with E-state index < -0.39 is 0 Å². The van der Waals surface area contributed by atoms with Gasteiger partial charge in [-0.25, -0.2) is 4.98 Å². The molecule has 198 valence electrons. The van der Waals surface area contributed by atoms with Crippen molar-refractivity contribution in [3.63, 3.8) is 0 Å². The molecule has 3 N–H and O–H groups in total. The molecule has 3 fully saturated rings. The molecule has 1 saturated carbocycles. The number of aliphatic hydroxyl groups excluding tert-OH is 1. The maximum absolute atomic E-state index is 13.1. The van der Waals surface area contributed by atoms with Gasteiger partial charge in [-0.05, 0) is 82.7 Å². The Morgan fingerprint density at radius 2 is 1.97 bits per heavy atom. The van der Waals surface area contributed by atoms with Crippen molar-refractivity contribution in [2.45, 2.75) is 102 Å². The van der Waals surface area contributed by atoms with Crippen LogP contribution in [0, 0.1) is 5.92 Å². The molecule has 1 amide bonds. The second-order valence-electron chi connectivity index (χ2n) is 11.4. The number of carbonyl (C=O) groups is 1. The van der Waals surface area contributed by atoms with Crippen LogP contribution in [0.4, 0.5) is 5.95 Å². The fourth-order valence-electron chi connectivity index (χ4n) is 6.52. The Kier molecular flexibility index (Phi) is 8.11. The van der Waals surface area contributed by atoms with E-state index in [9.17, 15) is 9.90 Å². The van der Waals surface area contributed by atoms with Gasteiger partial charge in [-0.3, -0.25) is 4.79 Å². The summed E-state index contributed by atoms with van der Waals surface area (Å²) in [4.78, 5) is 24.9. The van der Waals surface area contributed by atoms with E-state index in [0.717, 1.165) is 101 Å². The van der Waals surface area contributed by atoms with Gasteiger partial charge in [-0.2, -0.15) is 4.98 Å². The van der Waals surface area contributed by atoms with Crippen LogP contribution in [0.25, 0.3) is 11.0 Å². The summed E-state index contributed by atoms with van der Waals surface area (Å²) in [5.74, 6) is 1.60. The van der Waals surface area contributed by atoms with Gasteiger partial charge >= 0.3 is 0 Å². The van der Waals surface area contributed by atoms with Gasteiger partial charge in [0.25, 0.3) is 0 Å². The number of anilines is 1. The van der Waals surface area contributed by atoms with E-state index in [4.69, 9.17) is 9.97 Å². The van der Waals surface area contributed by atoms with Gasteiger partial charge in [0.1, 0.15) is 5.65 Å². The summed E-state index contributed by atoms with van der Waals surface area (Å²) < 4.78 is 2.37. The Balaban J connectivity index is 1.36. The summed E-state index contributed by atoms with van der Waals surface area (Å²) in [6, 6.07) is 0.697. The molecule has 2 aromatic rings. The number of hydrogen-bond donors (Lipinski definition) is 3. The molecule has 36 heavy (non-hydrogen) atoms. The van der Waals surface area contributed by atoms with Gasteiger partial charge in [0, 0.05) is 49.5 Å². The van der Waals surface area contributed by atoms with Crippen molar-refractivity contribution in [2.24, 2.45) is 5.92 Å². The van der Waals surface area contributed by atoms with E-state index in [1.807, 2.05) is 6.20 Å². The number of carbonyl (C=O) groups excluding carboxylic acids is 1. The molecule has 5 rings (SSSR count). The van der Waals surface area contributed by atoms with Crippen LogP contribution in [-0.4, -0.2) is 68.8 Å². The number of likely N-dealkylation sites (tertiary alicyclic amines) is 1. The zero-order valence-electron chi connectivity index (χ0n) is 22.1. The second-order valence-corrected chi connectivity index (χ2v) is 11.4. The molecule has 0 radical (unpaired) electrons. The lowest BCUT2D eigenvalue weighted by atomic mass is 9.88. The molecule has 0 bridgehead atoms. The first-order chi connectivity index (χ1) is 17.5. The lowest BCUT2D eigenvalue weighted by molar-refractivity contribution is -0.137. The molecule has 0 aromatic carbocycles. The third-order valence-electron chi connectivity index (χ3n) is 8.65. The van der Waals surface area contributed by atoms with E-state index in [0.29, 0.717) is 29.9 Å². The van der Waals surface area contributed by atoms with Crippen molar-refractivity contribution in [1.82, 2.24) is 24.8 Å². The summed E-state index contributed by atoms with van der Waals surface area (Å²) in [5, 5.41) is 18.1. The van der Waals surface area contributed by atoms with E-state index in [1.54, 1.807) is 0 Å². The number of hydrogen-bond acceptors (Lipinski definition) is 6. The van der Waals surface area contributed by atoms with Crippen LogP contribution in [0.2, 0.25) is 0 Å². The zero-order chi connectivity index (χ0) is 25.1. The summed E-state index contributed by atoms with van der Waals surface area (Å²) in [7, 11) is 0. The molecule has 0 spiro atoms. The second kappa shape index (κ2) is 11.5. The maximum atomic E-state index is 13.1. The van der Waals surface area contributed by atoms with Crippen LogP contribution in [-0.2, 0) is 4.79 Å². The molecule has 2 unspecified atom stereocenters. The molecule has 2 atom stereocenters. The third kappa shape index (κ3) is 5.54. The van der Waals surface area contributed by atoms with Crippen molar-refractivity contribution in [2.75, 3.05) is 31.5 Å². The van der Waals surface area contributed by atoms with Gasteiger partial charge in [-0.1, -0.05) is 13.3 Å². The highest BCUT2D eigenvalue weighted by molar-refractivity contribution is 5.82. The van der Waals surface area contributed by atoms with Gasteiger partial charge in [0.05, 0.1) is 12.0 Å².